The molecule has 0 unspecified atom stereocenters. The zero-order valence-corrected chi connectivity index (χ0v) is 20.2. The summed E-state index contributed by atoms with van der Waals surface area (Å²) >= 11 is 16.1. The highest BCUT2D eigenvalue weighted by Gasteiger charge is 2.28. The normalized spacial score (nSPS) is 11.3. The number of alkyl halides is 2. The van der Waals surface area contributed by atoms with Gasteiger partial charge >= 0.3 is 5.97 Å². The highest BCUT2D eigenvalue weighted by Crippen LogP contribution is 2.20. The minimum absolute atomic E-state index is 0.232. The zero-order chi connectivity index (χ0) is 22.3. The molecule has 0 aliphatic rings. The molecule has 0 fully saturated rings. The third-order valence-corrected chi connectivity index (χ3v) is 4.92. The summed E-state index contributed by atoms with van der Waals surface area (Å²) in [5, 5.41) is 7.81. The van der Waals surface area contributed by atoms with Crippen molar-refractivity contribution in [1.29, 1.82) is 0 Å². The number of carbonyl (C=O) groups is 2. The Labute approximate surface area is 180 Å². The van der Waals surface area contributed by atoms with Gasteiger partial charge in [-0.05, 0) is 53.6 Å². The Morgan fingerprint density at radius 2 is 1.30 bits per heavy atom. The highest BCUT2D eigenvalue weighted by molar-refractivity contribution is 6.65. The molecule has 0 aromatic carbocycles. The molecule has 0 radical (unpaired) electrons. The molecule has 6 nitrogen and oxygen atoms in total. The number of ether oxygens (including phenoxy) is 1. The standard InChI is InChI=1S/C9H18ClNO2.C5H8Cl2O.C4H11NO/c1-9(2,7-10)8(12)13-6-5-11(3)4;1-5(2,3-6)4(7)8;1-5(2)3-4-6/h5-7H2,1-4H3;3H2,1-2H3;6H,3-4H2,1-2H3. The van der Waals surface area contributed by atoms with Crippen molar-refractivity contribution in [1.82, 2.24) is 9.80 Å². The summed E-state index contributed by atoms with van der Waals surface area (Å²) in [6.45, 7) is 9.14. The molecular weight excluding hydrogens is 415 g/mol. The van der Waals surface area contributed by atoms with E-state index in [2.05, 4.69) is 0 Å². The largest absolute Gasteiger partial charge is 0.464 e. The van der Waals surface area contributed by atoms with Crippen LogP contribution in [0.1, 0.15) is 27.7 Å². The van der Waals surface area contributed by atoms with Crippen molar-refractivity contribution in [2.45, 2.75) is 27.7 Å². The lowest BCUT2D eigenvalue weighted by atomic mass is 9.97. The number of rotatable bonds is 9. The van der Waals surface area contributed by atoms with E-state index in [9.17, 15) is 9.59 Å². The van der Waals surface area contributed by atoms with Crippen LogP contribution >= 0.6 is 34.8 Å². The van der Waals surface area contributed by atoms with Gasteiger partial charge in [-0.25, -0.2) is 0 Å². The van der Waals surface area contributed by atoms with Crippen molar-refractivity contribution in [2.24, 2.45) is 10.8 Å². The first-order valence-corrected chi connectivity index (χ1v) is 10.0. The van der Waals surface area contributed by atoms with Gasteiger partial charge in [0.15, 0.2) is 0 Å². The molecule has 0 saturated carbocycles. The van der Waals surface area contributed by atoms with Crippen molar-refractivity contribution in [3.63, 3.8) is 0 Å². The summed E-state index contributed by atoms with van der Waals surface area (Å²) in [5.41, 5.74) is -1.14. The predicted octanol–water partition coefficient (Wildman–Crippen LogP) is 2.91. The maximum atomic E-state index is 11.4. The molecule has 0 atom stereocenters. The van der Waals surface area contributed by atoms with Crippen LogP contribution in [-0.2, 0) is 14.3 Å². The molecule has 0 aliphatic heterocycles. The number of hydrogen-bond acceptors (Lipinski definition) is 6. The Morgan fingerprint density at radius 1 is 0.889 bits per heavy atom. The van der Waals surface area contributed by atoms with Crippen LogP contribution in [-0.4, -0.2) is 92.4 Å². The van der Waals surface area contributed by atoms with Crippen LogP contribution in [0.2, 0.25) is 0 Å². The summed E-state index contributed by atoms with van der Waals surface area (Å²) < 4.78 is 5.04. The summed E-state index contributed by atoms with van der Waals surface area (Å²) in [4.78, 5) is 25.6. The SMILES string of the molecule is CC(C)(CCl)C(=O)Cl.CN(C)CCO.CN(C)CCOC(=O)C(C)(C)CCl. The van der Waals surface area contributed by atoms with E-state index in [0.717, 1.165) is 13.1 Å². The van der Waals surface area contributed by atoms with Crippen LogP contribution < -0.4 is 0 Å². The maximum absolute atomic E-state index is 11.4. The summed E-state index contributed by atoms with van der Waals surface area (Å²) in [6, 6.07) is 0. The van der Waals surface area contributed by atoms with Gasteiger partial charge in [0.2, 0.25) is 5.24 Å². The molecule has 164 valence electrons. The molecular formula is C18H37Cl3N2O4. The fourth-order valence-corrected chi connectivity index (χ4v) is 1.19. The first-order chi connectivity index (χ1) is 12.2. The third-order valence-electron chi connectivity index (χ3n) is 3.07. The number of aliphatic hydroxyl groups excluding tert-OH is 1. The van der Waals surface area contributed by atoms with Gasteiger partial charge in [0.1, 0.15) is 6.61 Å². The molecule has 0 amide bonds. The van der Waals surface area contributed by atoms with Crippen LogP contribution in [0.4, 0.5) is 0 Å². The van der Waals surface area contributed by atoms with Crippen molar-refractivity contribution in [2.75, 3.05) is 66.3 Å². The minimum Gasteiger partial charge on any atom is -0.464 e. The minimum atomic E-state index is -0.576. The smallest absolute Gasteiger partial charge is 0.312 e. The second-order valence-corrected chi connectivity index (χ2v) is 8.65. The van der Waals surface area contributed by atoms with Gasteiger partial charge in [-0.3, -0.25) is 9.59 Å². The fourth-order valence-electron chi connectivity index (χ4n) is 0.823. The third kappa shape index (κ3) is 20.4. The second kappa shape index (κ2) is 16.8. The van der Waals surface area contributed by atoms with Crippen LogP contribution in [0.25, 0.3) is 0 Å². The number of hydrogen-bond donors (Lipinski definition) is 1. The lowest BCUT2D eigenvalue weighted by molar-refractivity contribution is -0.152. The molecule has 0 heterocycles. The molecule has 0 aromatic rings. The molecule has 0 spiro atoms. The number of esters is 1. The van der Waals surface area contributed by atoms with Gasteiger partial charge in [0, 0.05) is 24.8 Å². The molecule has 0 aromatic heterocycles. The fraction of sp³-hybridized carbons (Fsp3) is 0.889. The number of aliphatic hydroxyl groups is 1. The monoisotopic (exact) mass is 450 g/mol. The van der Waals surface area contributed by atoms with Gasteiger partial charge in [-0.2, -0.15) is 0 Å². The Balaban J connectivity index is -0.000000351. The van der Waals surface area contributed by atoms with E-state index in [-0.39, 0.29) is 29.6 Å². The van der Waals surface area contributed by atoms with Gasteiger partial charge in [0.05, 0.1) is 17.4 Å². The van der Waals surface area contributed by atoms with Gasteiger partial charge in [-0.15, -0.1) is 23.2 Å². The van der Waals surface area contributed by atoms with Crippen LogP contribution in [0.15, 0.2) is 0 Å². The quantitative estimate of drug-likeness (QED) is 0.330. The van der Waals surface area contributed by atoms with Gasteiger partial charge in [-0.1, -0.05) is 13.8 Å². The highest BCUT2D eigenvalue weighted by atomic mass is 35.5. The van der Waals surface area contributed by atoms with Crippen LogP contribution in [0.3, 0.4) is 0 Å². The Kier molecular flexibility index (Phi) is 19.7. The number of nitrogens with zero attached hydrogens (tertiary/aromatic N) is 2. The first-order valence-electron chi connectivity index (χ1n) is 8.57. The van der Waals surface area contributed by atoms with Crippen molar-refractivity contribution in [3.05, 3.63) is 0 Å². The van der Waals surface area contributed by atoms with E-state index in [1.165, 1.54) is 0 Å². The molecule has 9 heteroatoms. The Bertz CT molecular complexity index is 404. The number of halogens is 3. The number of likely N-dealkylation sites (N-methyl/N-ethyl adjacent to an activating group) is 2. The molecule has 27 heavy (non-hydrogen) atoms. The molecule has 0 rings (SSSR count). The maximum Gasteiger partial charge on any atom is 0.312 e. The Hall–Kier alpha value is -0.110. The van der Waals surface area contributed by atoms with E-state index in [0.29, 0.717) is 6.61 Å². The van der Waals surface area contributed by atoms with E-state index >= 15 is 0 Å². The van der Waals surface area contributed by atoms with E-state index in [4.69, 9.17) is 44.6 Å². The lowest BCUT2D eigenvalue weighted by Crippen LogP contribution is -2.30. The summed E-state index contributed by atoms with van der Waals surface area (Å²) in [6.07, 6.45) is 0. The molecule has 0 aliphatic carbocycles. The van der Waals surface area contributed by atoms with Gasteiger partial charge in [0.25, 0.3) is 0 Å². The molecule has 1 N–H and O–H groups in total. The van der Waals surface area contributed by atoms with Crippen LogP contribution in [0.5, 0.6) is 0 Å². The van der Waals surface area contributed by atoms with Gasteiger partial charge < -0.3 is 19.6 Å². The van der Waals surface area contributed by atoms with E-state index < -0.39 is 10.8 Å². The Morgan fingerprint density at radius 3 is 1.48 bits per heavy atom. The zero-order valence-electron chi connectivity index (χ0n) is 17.9. The first kappa shape index (κ1) is 31.6. The predicted molar refractivity (Wildman–Crippen MR) is 115 cm³/mol. The average molecular weight is 452 g/mol. The van der Waals surface area contributed by atoms with Crippen LogP contribution in [0, 0.1) is 10.8 Å². The summed E-state index contributed by atoms with van der Waals surface area (Å²) in [7, 11) is 7.72. The van der Waals surface area contributed by atoms with Crippen molar-refractivity contribution < 1.29 is 19.4 Å². The lowest BCUT2D eigenvalue weighted by Gasteiger charge is -2.19. The van der Waals surface area contributed by atoms with E-state index in [1.54, 1.807) is 27.7 Å². The van der Waals surface area contributed by atoms with E-state index in [1.807, 2.05) is 38.0 Å². The molecule has 0 saturated heterocycles. The number of carbonyl (C=O) groups excluding carboxylic acids is 2. The second-order valence-electron chi connectivity index (χ2n) is 7.77. The van der Waals surface area contributed by atoms with Crippen molar-refractivity contribution in [3.8, 4) is 0 Å². The topological polar surface area (TPSA) is 70.1 Å². The summed E-state index contributed by atoms with van der Waals surface area (Å²) in [5.74, 6) is 0.327. The average Bonchev–Trinajstić information content (AvgIpc) is 2.55. The molecule has 0 bridgehead atoms. The van der Waals surface area contributed by atoms with Crippen molar-refractivity contribution >= 4 is 46.0 Å².